The summed E-state index contributed by atoms with van der Waals surface area (Å²) >= 11 is 0. The summed E-state index contributed by atoms with van der Waals surface area (Å²) in [7, 11) is 0. The van der Waals surface area contributed by atoms with Crippen LogP contribution in [0.3, 0.4) is 0 Å². The summed E-state index contributed by atoms with van der Waals surface area (Å²) in [5.41, 5.74) is 0. The second-order valence-corrected chi connectivity index (χ2v) is 1.52. The second kappa shape index (κ2) is 16.7. The SMILES string of the molecule is CCC.[3H]C(C)CC. The van der Waals surface area contributed by atoms with Gasteiger partial charge in [-0.25, -0.2) is 0 Å². The molecule has 0 rings (SSSR count). The summed E-state index contributed by atoms with van der Waals surface area (Å²) in [5, 5.41) is 0. The Bertz CT molecular complexity index is 25.6. The first kappa shape index (κ1) is 7.00. The number of hydrogen-bond donors (Lipinski definition) is 0. The van der Waals surface area contributed by atoms with Crippen molar-refractivity contribution in [3.05, 3.63) is 0 Å². The molecule has 0 aliphatic carbocycles. The fourth-order valence-corrected chi connectivity index (χ4v) is 0. The van der Waals surface area contributed by atoms with Crippen LogP contribution < -0.4 is 0 Å². The fourth-order valence-electron chi connectivity index (χ4n) is 0. The van der Waals surface area contributed by atoms with Gasteiger partial charge in [0.2, 0.25) is 0 Å². The van der Waals surface area contributed by atoms with Crippen LogP contribution in [0.2, 0.25) is 0 Å². The lowest BCUT2D eigenvalue weighted by Crippen LogP contribution is -1.47. The van der Waals surface area contributed by atoms with E-state index < -0.39 is 0 Å². The van der Waals surface area contributed by atoms with Crippen LogP contribution in [0.4, 0.5) is 0 Å². The van der Waals surface area contributed by atoms with E-state index in [0.29, 0.717) is 0 Å². The Labute approximate surface area is 49.3 Å². The maximum Gasteiger partial charge on any atom is 0.0264 e. The molecule has 0 radical (unpaired) electrons. The van der Waals surface area contributed by atoms with Crippen molar-refractivity contribution in [1.29, 1.82) is 0 Å². The highest BCUT2D eigenvalue weighted by Gasteiger charge is 1.56. The highest BCUT2D eigenvalue weighted by atomic mass is 13.6. The van der Waals surface area contributed by atoms with Gasteiger partial charge < -0.3 is 0 Å². The van der Waals surface area contributed by atoms with Gasteiger partial charge in [0.1, 0.15) is 0 Å². The van der Waals surface area contributed by atoms with Gasteiger partial charge >= 0.3 is 0 Å². The van der Waals surface area contributed by atoms with Crippen molar-refractivity contribution in [2.45, 2.75) is 46.9 Å². The molecule has 0 aliphatic rings. The molecule has 0 amide bonds. The zero-order valence-corrected chi connectivity index (χ0v) is 5.99. The van der Waals surface area contributed by atoms with Gasteiger partial charge in [-0.3, -0.25) is 0 Å². The predicted octanol–water partition coefficient (Wildman–Crippen LogP) is 3.22. The average Bonchev–Trinajstić information content (AvgIpc) is 1.69. The summed E-state index contributed by atoms with van der Waals surface area (Å²) in [5.74, 6) is 0. The minimum absolute atomic E-state index is 0.134. The van der Waals surface area contributed by atoms with E-state index in [4.69, 9.17) is 1.37 Å². The van der Waals surface area contributed by atoms with Gasteiger partial charge in [0, 0.05) is 1.37 Å². The molecule has 0 aromatic heterocycles. The van der Waals surface area contributed by atoms with Crippen LogP contribution in [0.1, 0.15) is 48.3 Å². The van der Waals surface area contributed by atoms with Gasteiger partial charge in [-0.2, -0.15) is 0 Å². The van der Waals surface area contributed by atoms with E-state index in [1.807, 2.05) is 13.8 Å². The van der Waals surface area contributed by atoms with Crippen LogP contribution >= 0.6 is 0 Å². The van der Waals surface area contributed by atoms with Crippen molar-refractivity contribution in [1.82, 2.24) is 0 Å². The third-order valence-corrected chi connectivity index (χ3v) is 0.408. The van der Waals surface area contributed by atoms with E-state index in [9.17, 15) is 0 Å². The van der Waals surface area contributed by atoms with Crippen molar-refractivity contribution >= 4 is 0 Å². The molecule has 0 N–H and O–H groups in total. The van der Waals surface area contributed by atoms with Crippen molar-refractivity contribution < 1.29 is 1.37 Å². The van der Waals surface area contributed by atoms with Gasteiger partial charge in [0.05, 0.1) is 0 Å². The molecule has 0 heterocycles. The zero-order valence-electron chi connectivity index (χ0n) is 6.99. The standard InChI is InChI=1S/C4H10.C3H8/c1-3-4-2;1-3-2/h3-4H2,1-2H3;3H2,1-2H3/i3T;. The third kappa shape index (κ3) is 96.0. The molecule has 0 spiro atoms. The first-order valence-electron chi connectivity index (χ1n) is 3.68. The van der Waals surface area contributed by atoms with E-state index >= 15 is 0 Å². The Kier molecular flexibility index (Phi) is 16.7. The van der Waals surface area contributed by atoms with Gasteiger partial charge in [0.15, 0.2) is 0 Å². The molecule has 0 aliphatic heterocycles. The average molecular weight is 104 g/mol. The van der Waals surface area contributed by atoms with Crippen LogP contribution in [0.25, 0.3) is 0 Å². The third-order valence-electron chi connectivity index (χ3n) is 0.408. The maximum absolute atomic E-state index is 6.83. The highest BCUT2D eigenvalue weighted by Crippen LogP contribution is 1.76. The van der Waals surface area contributed by atoms with Gasteiger partial charge in [0.25, 0.3) is 0 Å². The van der Waals surface area contributed by atoms with E-state index in [-0.39, 0.29) is 6.40 Å². The number of rotatable bonds is 1. The quantitative estimate of drug-likeness (QED) is 0.479. The minimum atomic E-state index is 0.134. The van der Waals surface area contributed by atoms with Gasteiger partial charge in [-0.1, -0.05) is 46.9 Å². The maximum atomic E-state index is 6.83. The van der Waals surface area contributed by atoms with Crippen LogP contribution in [0.5, 0.6) is 0 Å². The molecule has 1 atom stereocenters. The van der Waals surface area contributed by atoms with E-state index in [1.54, 1.807) is 0 Å². The second-order valence-electron chi connectivity index (χ2n) is 1.52. The normalized spacial score (nSPS) is 13.4. The van der Waals surface area contributed by atoms with Gasteiger partial charge in [-0.05, 0) is 0 Å². The fraction of sp³-hybridized carbons (Fsp3) is 1.00. The smallest absolute Gasteiger partial charge is 0.0264 e. The molecule has 0 saturated heterocycles. The molecule has 0 aromatic carbocycles. The summed E-state index contributed by atoms with van der Waals surface area (Å²) in [6.45, 7) is 8.15. The molecule has 0 aromatic rings. The minimum Gasteiger partial charge on any atom is -0.0656 e. The Morgan fingerprint density at radius 2 is 1.29 bits per heavy atom. The zero-order chi connectivity index (χ0) is 6.99. The van der Waals surface area contributed by atoms with E-state index in [2.05, 4.69) is 13.8 Å². The Hall–Kier alpha value is 0. The Balaban J connectivity index is 0. The topological polar surface area (TPSA) is 0 Å². The van der Waals surface area contributed by atoms with E-state index in [0.717, 1.165) is 6.42 Å². The molecule has 0 bridgehead atoms. The summed E-state index contributed by atoms with van der Waals surface area (Å²) in [6, 6.07) is 0. The first-order valence-corrected chi connectivity index (χ1v) is 3.11. The van der Waals surface area contributed by atoms with Gasteiger partial charge in [-0.15, -0.1) is 0 Å². The molecular weight excluding hydrogens is 84.1 g/mol. The molecule has 46 valence electrons. The molecule has 0 fully saturated rings. The highest BCUT2D eigenvalue weighted by molar-refractivity contribution is 4.12. The molecular formula is C7H18. The number of hydrogen-bond acceptors (Lipinski definition) is 0. The van der Waals surface area contributed by atoms with Crippen molar-refractivity contribution in [2.75, 3.05) is 0 Å². The van der Waals surface area contributed by atoms with Crippen LogP contribution in [-0.2, 0) is 0 Å². The monoisotopic (exact) mass is 104 g/mol. The summed E-state index contributed by atoms with van der Waals surface area (Å²) in [6.07, 6.45) is 2.36. The Morgan fingerprint density at radius 3 is 1.29 bits per heavy atom. The molecule has 0 nitrogen and oxygen atoms in total. The predicted molar refractivity (Wildman–Crippen MR) is 36.5 cm³/mol. The van der Waals surface area contributed by atoms with Crippen molar-refractivity contribution in [3.8, 4) is 0 Å². The summed E-state index contributed by atoms with van der Waals surface area (Å²) < 4.78 is 6.83. The first-order chi connectivity index (χ1) is 3.68. The Morgan fingerprint density at radius 1 is 1.14 bits per heavy atom. The lowest BCUT2D eigenvalue weighted by Gasteiger charge is -1.68. The largest absolute Gasteiger partial charge is 0.0656 e. The molecule has 1 unspecified atom stereocenters. The summed E-state index contributed by atoms with van der Waals surface area (Å²) in [4.78, 5) is 0. The van der Waals surface area contributed by atoms with Crippen molar-refractivity contribution in [3.63, 3.8) is 0 Å². The molecule has 0 heteroatoms. The molecule has 7 heavy (non-hydrogen) atoms. The molecule has 0 saturated carbocycles. The van der Waals surface area contributed by atoms with Crippen LogP contribution in [-0.4, -0.2) is 0 Å². The lowest BCUT2D eigenvalue weighted by molar-refractivity contribution is 0.886. The van der Waals surface area contributed by atoms with Crippen LogP contribution in [0, 0.1) is 0 Å². The van der Waals surface area contributed by atoms with Crippen LogP contribution in [0.15, 0.2) is 0 Å². The van der Waals surface area contributed by atoms with E-state index in [1.165, 1.54) is 6.42 Å². The van der Waals surface area contributed by atoms with Crippen molar-refractivity contribution in [2.24, 2.45) is 0 Å². The lowest BCUT2D eigenvalue weighted by atomic mass is 10.4.